The SMILES string of the molecule is CCOC(=O)C(C(=O)OCC)C(=O)C(OC)C1CC1. The van der Waals surface area contributed by atoms with Crippen LogP contribution < -0.4 is 0 Å². The predicted molar refractivity (Wildman–Crippen MR) is 65.3 cm³/mol. The molecule has 1 saturated carbocycles. The summed E-state index contributed by atoms with van der Waals surface area (Å²) in [6.45, 7) is 3.42. The van der Waals surface area contributed by atoms with Crippen molar-refractivity contribution in [2.24, 2.45) is 11.8 Å². The van der Waals surface area contributed by atoms with Crippen molar-refractivity contribution < 1.29 is 28.6 Å². The molecule has 6 nitrogen and oxygen atoms in total. The van der Waals surface area contributed by atoms with Crippen LogP contribution in [0.2, 0.25) is 0 Å². The van der Waals surface area contributed by atoms with Gasteiger partial charge in [0, 0.05) is 7.11 Å². The average Bonchev–Trinajstić information content (AvgIpc) is 3.15. The van der Waals surface area contributed by atoms with Gasteiger partial charge in [-0.3, -0.25) is 14.4 Å². The van der Waals surface area contributed by atoms with E-state index in [4.69, 9.17) is 14.2 Å². The van der Waals surface area contributed by atoms with Crippen LogP contribution in [0.1, 0.15) is 26.7 Å². The fourth-order valence-corrected chi connectivity index (χ4v) is 1.88. The molecule has 1 aliphatic carbocycles. The molecule has 0 heterocycles. The van der Waals surface area contributed by atoms with Crippen LogP contribution in [0.5, 0.6) is 0 Å². The lowest BCUT2D eigenvalue weighted by Gasteiger charge is -2.19. The van der Waals surface area contributed by atoms with Crippen molar-refractivity contribution >= 4 is 17.7 Å². The van der Waals surface area contributed by atoms with Gasteiger partial charge in [-0.25, -0.2) is 0 Å². The summed E-state index contributed by atoms with van der Waals surface area (Å²) in [6.07, 6.45) is 0.990. The Morgan fingerprint density at radius 2 is 1.53 bits per heavy atom. The lowest BCUT2D eigenvalue weighted by atomic mass is 9.97. The molecule has 1 rings (SSSR count). The summed E-state index contributed by atoms with van der Waals surface area (Å²) < 4.78 is 14.7. The first-order valence-electron chi connectivity index (χ1n) is 6.46. The smallest absolute Gasteiger partial charge is 0.328 e. The minimum absolute atomic E-state index is 0.0869. The molecule has 0 radical (unpaired) electrons. The number of methoxy groups -OCH3 is 1. The van der Waals surface area contributed by atoms with E-state index in [0.717, 1.165) is 12.8 Å². The molecule has 0 aliphatic heterocycles. The summed E-state index contributed by atoms with van der Waals surface area (Å²) in [5, 5.41) is 0. The fraction of sp³-hybridized carbons (Fsp3) is 0.769. The van der Waals surface area contributed by atoms with E-state index in [0.29, 0.717) is 0 Å². The van der Waals surface area contributed by atoms with Crippen LogP contribution in [0.4, 0.5) is 0 Å². The molecule has 0 spiro atoms. The minimum Gasteiger partial charge on any atom is -0.465 e. The number of carbonyl (C=O) groups excluding carboxylic acids is 3. The molecule has 0 aromatic heterocycles. The van der Waals surface area contributed by atoms with Crippen molar-refractivity contribution in [1.82, 2.24) is 0 Å². The predicted octanol–water partition coefficient (Wildman–Crippen LogP) is 0.723. The second kappa shape index (κ2) is 7.23. The number of rotatable bonds is 8. The highest BCUT2D eigenvalue weighted by molar-refractivity contribution is 6.16. The zero-order chi connectivity index (χ0) is 14.4. The Labute approximate surface area is 112 Å². The Morgan fingerprint density at radius 3 is 1.84 bits per heavy atom. The van der Waals surface area contributed by atoms with Crippen LogP contribution in [0.25, 0.3) is 0 Å². The minimum atomic E-state index is -1.54. The highest BCUT2D eigenvalue weighted by Gasteiger charge is 2.46. The first kappa shape index (κ1) is 15.6. The third kappa shape index (κ3) is 4.02. The number of ketones is 1. The van der Waals surface area contributed by atoms with Crippen molar-refractivity contribution in [3.05, 3.63) is 0 Å². The molecule has 0 saturated heterocycles. The fourth-order valence-electron chi connectivity index (χ4n) is 1.88. The molecule has 108 valence electrons. The first-order chi connectivity index (χ1) is 9.06. The maximum atomic E-state index is 12.3. The van der Waals surface area contributed by atoms with E-state index < -0.39 is 29.7 Å². The van der Waals surface area contributed by atoms with Gasteiger partial charge in [0.15, 0.2) is 5.78 Å². The second-order valence-corrected chi connectivity index (χ2v) is 4.33. The first-order valence-corrected chi connectivity index (χ1v) is 6.46. The van der Waals surface area contributed by atoms with Gasteiger partial charge < -0.3 is 14.2 Å². The van der Waals surface area contributed by atoms with E-state index in [2.05, 4.69) is 0 Å². The van der Waals surface area contributed by atoms with Crippen molar-refractivity contribution in [3.8, 4) is 0 Å². The molecule has 0 bridgehead atoms. The van der Waals surface area contributed by atoms with Crippen LogP contribution in [0.15, 0.2) is 0 Å². The Morgan fingerprint density at radius 1 is 1.05 bits per heavy atom. The van der Waals surface area contributed by atoms with Crippen LogP contribution in [0, 0.1) is 11.8 Å². The van der Waals surface area contributed by atoms with E-state index >= 15 is 0 Å². The van der Waals surface area contributed by atoms with Crippen LogP contribution >= 0.6 is 0 Å². The average molecular weight is 272 g/mol. The van der Waals surface area contributed by atoms with E-state index in [1.54, 1.807) is 13.8 Å². The molecule has 1 fully saturated rings. The number of hydrogen-bond acceptors (Lipinski definition) is 6. The monoisotopic (exact) mass is 272 g/mol. The van der Waals surface area contributed by atoms with Crippen molar-refractivity contribution in [2.75, 3.05) is 20.3 Å². The summed E-state index contributed by atoms with van der Waals surface area (Å²) in [7, 11) is 1.40. The van der Waals surface area contributed by atoms with E-state index in [1.807, 2.05) is 0 Å². The van der Waals surface area contributed by atoms with Crippen LogP contribution in [-0.4, -0.2) is 44.1 Å². The topological polar surface area (TPSA) is 78.9 Å². The van der Waals surface area contributed by atoms with Crippen LogP contribution in [0.3, 0.4) is 0 Å². The normalized spacial score (nSPS) is 16.0. The number of Topliss-reactive ketones (excluding diaryl/α,β-unsaturated/α-hetero) is 1. The molecule has 0 aromatic carbocycles. The molecule has 1 atom stereocenters. The summed E-state index contributed by atoms with van der Waals surface area (Å²) in [6, 6.07) is 0. The number of carbonyl (C=O) groups is 3. The Hall–Kier alpha value is -1.43. The highest BCUT2D eigenvalue weighted by atomic mass is 16.6. The number of hydrogen-bond donors (Lipinski definition) is 0. The van der Waals surface area contributed by atoms with Crippen molar-refractivity contribution in [2.45, 2.75) is 32.8 Å². The third-order valence-electron chi connectivity index (χ3n) is 2.91. The van der Waals surface area contributed by atoms with Gasteiger partial charge >= 0.3 is 11.9 Å². The summed E-state index contributed by atoms with van der Waals surface area (Å²) in [4.78, 5) is 35.8. The van der Waals surface area contributed by atoms with E-state index in [1.165, 1.54) is 7.11 Å². The summed E-state index contributed by atoms with van der Waals surface area (Å²) in [5.74, 6) is -3.75. The number of ether oxygens (including phenoxy) is 3. The van der Waals surface area contributed by atoms with Crippen molar-refractivity contribution in [1.29, 1.82) is 0 Å². The van der Waals surface area contributed by atoms with Crippen molar-refractivity contribution in [3.63, 3.8) is 0 Å². The molecule has 19 heavy (non-hydrogen) atoms. The highest BCUT2D eigenvalue weighted by Crippen LogP contribution is 2.35. The molecular weight excluding hydrogens is 252 g/mol. The lowest BCUT2D eigenvalue weighted by molar-refractivity contribution is -0.166. The summed E-state index contributed by atoms with van der Waals surface area (Å²) in [5.41, 5.74) is 0. The third-order valence-corrected chi connectivity index (χ3v) is 2.91. The van der Waals surface area contributed by atoms with Gasteiger partial charge in [-0.1, -0.05) is 0 Å². The molecule has 0 amide bonds. The molecule has 0 aromatic rings. The largest absolute Gasteiger partial charge is 0.465 e. The van der Waals surface area contributed by atoms with Gasteiger partial charge in [0.05, 0.1) is 13.2 Å². The quantitative estimate of drug-likeness (QED) is 0.478. The second-order valence-electron chi connectivity index (χ2n) is 4.33. The molecule has 0 N–H and O–H groups in total. The van der Waals surface area contributed by atoms with E-state index in [9.17, 15) is 14.4 Å². The van der Waals surface area contributed by atoms with Gasteiger partial charge in [0.2, 0.25) is 5.92 Å². The van der Waals surface area contributed by atoms with E-state index in [-0.39, 0.29) is 19.1 Å². The molecular formula is C13H20O6. The van der Waals surface area contributed by atoms with Gasteiger partial charge in [0.25, 0.3) is 0 Å². The van der Waals surface area contributed by atoms with Gasteiger partial charge in [0.1, 0.15) is 6.10 Å². The Bertz CT molecular complexity index is 329. The van der Waals surface area contributed by atoms with Gasteiger partial charge in [-0.15, -0.1) is 0 Å². The van der Waals surface area contributed by atoms with Gasteiger partial charge in [-0.2, -0.15) is 0 Å². The van der Waals surface area contributed by atoms with Gasteiger partial charge in [-0.05, 0) is 32.6 Å². The maximum absolute atomic E-state index is 12.3. The molecule has 6 heteroatoms. The summed E-state index contributed by atoms with van der Waals surface area (Å²) >= 11 is 0. The molecule has 1 unspecified atom stereocenters. The van der Waals surface area contributed by atoms with Crippen LogP contribution in [-0.2, 0) is 28.6 Å². The zero-order valence-electron chi connectivity index (χ0n) is 11.5. The lowest BCUT2D eigenvalue weighted by Crippen LogP contribution is -2.42. The zero-order valence-corrected chi connectivity index (χ0v) is 11.5. The standard InChI is InChI=1S/C13H20O6/c1-4-18-12(15)9(13(16)19-5-2)10(14)11(17-3)8-6-7-8/h8-9,11H,4-7H2,1-3H3. The Kier molecular flexibility index (Phi) is 5.95. The Balaban J connectivity index is 2.84. The molecule has 1 aliphatic rings. The maximum Gasteiger partial charge on any atom is 0.328 e. The number of esters is 2.